The average Bonchev–Trinajstić information content (AvgIpc) is 2.64. The van der Waals surface area contributed by atoms with E-state index in [0.717, 1.165) is 24.2 Å². The highest BCUT2D eigenvalue weighted by atomic mass is 16.5. The molecule has 0 radical (unpaired) electrons. The Morgan fingerprint density at radius 3 is 3.00 bits per heavy atom. The monoisotopic (exact) mass is 221 g/mol. The van der Waals surface area contributed by atoms with Crippen molar-refractivity contribution in [3.8, 4) is 5.75 Å². The molecule has 1 aliphatic rings. The molecule has 0 fully saturated rings. The maximum absolute atomic E-state index is 10.2. The van der Waals surface area contributed by atoms with E-state index < -0.39 is 6.10 Å². The van der Waals surface area contributed by atoms with Crippen LogP contribution in [-0.4, -0.2) is 18.3 Å². The number of hydrogen-bond donors (Lipinski definition) is 2. The normalized spacial score (nSPS) is 23.2. The Hall–Kier alpha value is -1.06. The van der Waals surface area contributed by atoms with E-state index >= 15 is 0 Å². The molecule has 88 valence electrons. The van der Waals surface area contributed by atoms with Crippen LogP contribution in [0, 0.1) is 5.92 Å². The summed E-state index contributed by atoms with van der Waals surface area (Å²) in [6.07, 6.45) is 1.37. The van der Waals surface area contributed by atoms with Crippen LogP contribution in [0.3, 0.4) is 0 Å². The SMILES string of the molecule is CCCOc1cccc2c1C(O)C(CN)C2. The van der Waals surface area contributed by atoms with E-state index in [1.807, 2.05) is 18.2 Å². The second kappa shape index (κ2) is 4.85. The predicted molar refractivity (Wildman–Crippen MR) is 63.4 cm³/mol. The van der Waals surface area contributed by atoms with E-state index in [1.54, 1.807) is 0 Å². The highest BCUT2D eigenvalue weighted by Crippen LogP contribution is 2.41. The summed E-state index contributed by atoms with van der Waals surface area (Å²) in [5.74, 6) is 0.962. The summed E-state index contributed by atoms with van der Waals surface area (Å²) in [6.45, 7) is 3.28. The second-order valence-corrected chi connectivity index (χ2v) is 4.32. The molecule has 16 heavy (non-hydrogen) atoms. The molecule has 1 aliphatic carbocycles. The number of benzene rings is 1. The maximum atomic E-state index is 10.2. The Morgan fingerprint density at radius 2 is 2.31 bits per heavy atom. The van der Waals surface area contributed by atoms with Gasteiger partial charge in [-0.1, -0.05) is 19.1 Å². The van der Waals surface area contributed by atoms with Crippen LogP contribution < -0.4 is 10.5 Å². The van der Waals surface area contributed by atoms with Crippen molar-refractivity contribution in [1.82, 2.24) is 0 Å². The van der Waals surface area contributed by atoms with Crippen LogP contribution in [0.15, 0.2) is 18.2 Å². The zero-order chi connectivity index (χ0) is 11.5. The van der Waals surface area contributed by atoms with Crippen molar-refractivity contribution in [2.75, 3.05) is 13.2 Å². The fraction of sp³-hybridized carbons (Fsp3) is 0.538. The summed E-state index contributed by atoms with van der Waals surface area (Å²) in [5.41, 5.74) is 7.78. The molecule has 0 heterocycles. The van der Waals surface area contributed by atoms with E-state index in [1.165, 1.54) is 5.56 Å². The van der Waals surface area contributed by atoms with Gasteiger partial charge in [-0.2, -0.15) is 0 Å². The lowest BCUT2D eigenvalue weighted by Crippen LogP contribution is -2.18. The molecule has 2 rings (SSSR count). The lowest BCUT2D eigenvalue weighted by Gasteiger charge is -2.15. The highest BCUT2D eigenvalue weighted by molar-refractivity contribution is 5.45. The summed E-state index contributed by atoms with van der Waals surface area (Å²) in [4.78, 5) is 0. The van der Waals surface area contributed by atoms with E-state index in [9.17, 15) is 5.11 Å². The number of rotatable bonds is 4. The van der Waals surface area contributed by atoms with Crippen molar-refractivity contribution < 1.29 is 9.84 Å². The Kier molecular flexibility index (Phi) is 3.46. The van der Waals surface area contributed by atoms with Gasteiger partial charge in [0.1, 0.15) is 5.75 Å². The first-order valence-electron chi connectivity index (χ1n) is 5.90. The summed E-state index contributed by atoms with van der Waals surface area (Å²) < 4.78 is 5.66. The molecule has 2 atom stereocenters. The molecule has 0 aromatic heterocycles. The maximum Gasteiger partial charge on any atom is 0.125 e. The standard InChI is InChI=1S/C13H19NO2/c1-2-6-16-11-5-3-4-9-7-10(8-14)13(15)12(9)11/h3-5,10,13,15H,2,6-8,14H2,1H3. The molecule has 1 aromatic carbocycles. The largest absolute Gasteiger partial charge is 0.493 e. The topological polar surface area (TPSA) is 55.5 Å². The Bertz CT molecular complexity index is 365. The minimum Gasteiger partial charge on any atom is -0.493 e. The van der Waals surface area contributed by atoms with Crippen LogP contribution in [0.1, 0.15) is 30.6 Å². The van der Waals surface area contributed by atoms with E-state index in [-0.39, 0.29) is 5.92 Å². The minimum atomic E-state index is -0.465. The number of aliphatic hydroxyl groups excluding tert-OH is 1. The first-order chi connectivity index (χ1) is 7.77. The van der Waals surface area contributed by atoms with Crippen molar-refractivity contribution in [1.29, 1.82) is 0 Å². The third-order valence-electron chi connectivity index (χ3n) is 3.15. The molecule has 0 saturated heterocycles. The van der Waals surface area contributed by atoms with Crippen LogP contribution >= 0.6 is 0 Å². The predicted octanol–water partition coefficient (Wildman–Crippen LogP) is 1.64. The van der Waals surface area contributed by atoms with E-state index in [2.05, 4.69) is 6.92 Å². The van der Waals surface area contributed by atoms with Gasteiger partial charge in [-0.25, -0.2) is 0 Å². The zero-order valence-corrected chi connectivity index (χ0v) is 9.65. The quantitative estimate of drug-likeness (QED) is 0.812. The first-order valence-corrected chi connectivity index (χ1v) is 5.90. The van der Waals surface area contributed by atoms with Crippen LogP contribution in [0.5, 0.6) is 5.75 Å². The van der Waals surface area contributed by atoms with Crippen molar-refractivity contribution in [3.63, 3.8) is 0 Å². The molecule has 0 amide bonds. The zero-order valence-electron chi connectivity index (χ0n) is 9.65. The fourth-order valence-corrected chi connectivity index (χ4v) is 2.28. The van der Waals surface area contributed by atoms with Gasteiger partial charge in [0, 0.05) is 11.5 Å². The van der Waals surface area contributed by atoms with Crippen LogP contribution in [0.25, 0.3) is 0 Å². The van der Waals surface area contributed by atoms with Crippen molar-refractivity contribution in [2.24, 2.45) is 11.7 Å². The van der Waals surface area contributed by atoms with E-state index in [4.69, 9.17) is 10.5 Å². The van der Waals surface area contributed by atoms with Gasteiger partial charge in [-0.05, 0) is 31.0 Å². The van der Waals surface area contributed by atoms with Crippen LogP contribution in [0.2, 0.25) is 0 Å². The smallest absolute Gasteiger partial charge is 0.125 e. The second-order valence-electron chi connectivity index (χ2n) is 4.32. The highest BCUT2D eigenvalue weighted by Gasteiger charge is 2.32. The van der Waals surface area contributed by atoms with Gasteiger partial charge >= 0.3 is 0 Å². The molecule has 0 saturated carbocycles. The molecule has 2 unspecified atom stereocenters. The summed E-state index contributed by atoms with van der Waals surface area (Å²) >= 11 is 0. The summed E-state index contributed by atoms with van der Waals surface area (Å²) in [6, 6.07) is 5.96. The van der Waals surface area contributed by atoms with Crippen molar-refractivity contribution >= 4 is 0 Å². The molecule has 3 heteroatoms. The van der Waals surface area contributed by atoms with Crippen LogP contribution in [0.4, 0.5) is 0 Å². The lowest BCUT2D eigenvalue weighted by atomic mass is 10.0. The van der Waals surface area contributed by atoms with Gasteiger partial charge in [0.25, 0.3) is 0 Å². The minimum absolute atomic E-state index is 0.140. The number of aliphatic hydroxyl groups is 1. The molecule has 1 aromatic rings. The van der Waals surface area contributed by atoms with Gasteiger partial charge in [0.05, 0.1) is 12.7 Å². The van der Waals surface area contributed by atoms with Gasteiger partial charge in [-0.3, -0.25) is 0 Å². The van der Waals surface area contributed by atoms with Gasteiger partial charge in [0.15, 0.2) is 0 Å². The molecule has 3 N–H and O–H groups in total. The Labute approximate surface area is 96.2 Å². The number of ether oxygens (including phenoxy) is 1. The van der Waals surface area contributed by atoms with Gasteiger partial charge < -0.3 is 15.6 Å². The number of hydrogen-bond acceptors (Lipinski definition) is 3. The molecule has 3 nitrogen and oxygen atoms in total. The molecule has 0 aliphatic heterocycles. The Balaban J connectivity index is 2.27. The molecule has 0 bridgehead atoms. The molecular weight excluding hydrogens is 202 g/mol. The third-order valence-corrected chi connectivity index (χ3v) is 3.15. The number of nitrogens with two attached hydrogens (primary N) is 1. The first kappa shape index (κ1) is 11.4. The lowest BCUT2D eigenvalue weighted by molar-refractivity contribution is 0.123. The van der Waals surface area contributed by atoms with E-state index in [0.29, 0.717) is 13.2 Å². The third kappa shape index (κ3) is 1.93. The molecule has 0 spiro atoms. The van der Waals surface area contributed by atoms with Crippen molar-refractivity contribution in [2.45, 2.75) is 25.9 Å². The fourth-order valence-electron chi connectivity index (χ4n) is 2.28. The molecular formula is C13H19NO2. The average molecular weight is 221 g/mol. The Morgan fingerprint density at radius 1 is 1.50 bits per heavy atom. The van der Waals surface area contributed by atoms with Gasteiger partial charge in [0.2, 0.25) is 0 Å². The summed E-state index contributed by atoms with van der Waals surface area (Å²) in [5, 5.41) is 10.2. The van der Waals surface area contributed by atoms with Crippen LogP contribution in [-0.2, 0) is 6.42 Å². The summed E-state index contributed by atoms with van der Waals surface area (Å²) in [7, 11) is 0. The van der Waals surface area contributed by atoms with Gasteiger partial charge in [-0.15, -0.1) is 0 Å². The van der Waals surface area contributed by atoms with Crippen molar-refractivity contribution in [3.05, 3.63) is 29.3 Å². The number of fused-ring (bicyclic) bond motifs is 1.